The number of amides is 1. The first-order chi connectivity index (χ1) is 16.9. The number of H-pyrrole nitrogens is 2. The first-order valence-corrected chi connectivity index (χ1v) is 11.7. The van der Waals surface area contributed by atoms with Gasteiger partial charge in [-0.1, -0.05) is 12.1 Å². The zero-order valence-electron chi connectivity index (χ0n) is 19.6. The molecule has 0 saturated heterocycles. The van der Waals surface area contributed by atoms with E-state index in [1.54, 1.807) is 0 Å². The van der Waals surface area contributed by atoms with Gasteiger partial charge in [-0.05, 0) is 73.9 Å². The Labute approximate surface area is 200 Å². The average molecular weight is 466 g/mol. The lowest BCUT2D eigenvalue weighted by atomic mass is 9.86. The summed E-state index contributed by atoms with van der Waals surface area (Å²) in [5, 5.41) is 8.71. The van der Waals surface area contributed by atoms with Gasteiger partial charge in [0.1, 0.15) is 5.69 Å². The van der Waals surface area contributed by atoms with Crippen LogP contribution in [-0.4, -0.2) is 39.4 Å². The van der Waals surface area contributed by atoms with E-state index < -0.39 is 5.41 Å². The van der Waals surface area contributed by atoms with Crippen molar-refractivity contribution >= 4 is 33.5 Å². The summed E-state index contributed by atoms with van der Waals surface area (Å²) < 4.78 is 10.9. The van der Waals surface area contributed by atoms with Crippen LogP contribution in [0.1, 0.15) is 26.3 Å². The van der Waals surface area contributed by atoms with Gasteiger partial charge in [0.15, 0.2) is 17.3 Å². The molecule has 2 N–H and O–H groups in total. The second-order valence-electron chi connectivity index (χ2n) is 9.55. The number of nitrogens with one attached hydrogen (secondary N) is 2. The van der Waals surface area contributed by atoms with Gasteiger partial charge in [-0.15, -0.1) is 0 Å². The molecule has 0 radical (unpaired) electrons. The molecule has 35 heavy (non-hydrogen) atoms. The number of fused-ring (bicyclic) bond motifs is 4. The molecule has 7 rings (SSSR count). The van der Waals surface area contributed by atoms with Gasteiger partial charge in [0.2, 0.25) is 12.7 Å². The molecule has 1 amide bonds. The van der Waals surface area contributed by atoms with Gasteiger partial charge in [-0.25, -0.2) is 4.98 Å². The van der Waals surface area contributed by atoms with Crippen molar-refractivity contribution in [3.63, 3.8) is 0 Å². The van der Waals surface area contributed by atoms with E-state index in [1.807, 2.05) is 49.9 Å². The van der Waals surface area contributed by atoms with Crippen molar-refractivity contribution < 1.29 is 14.3 Å². The Balaban J connectivity index is 1.30. The number of likely N-dealkylation sites (N-methyl/N-ethyl adjacent to an activating group) is 1. The minimum Gasteiger partial charge on any atom is -0.454 e. The summed E-state index contributed by atoms with van der Waals surface area (Å²) in [7, 11) is 0. The molecular weight excluding hydrogens is 442 g/mol. The maximum absolute atomic E-state index is 12.9. The van der Waals surface area contributed by atoms with Crippen molar-refractivity contribution in [2.75, 3.05) is 18.2 Å². The van der Waals surface area contributed by atoms with Crippen LogP contribution >= 0.6 is 0 Å². The van der Waals surface area contributed by atoms with E-state index >= 15 is 0 Å². The van der Waals surface area contributed by atoms with E-state index in [9.17, 15) is 4.79 Å². The molecular formula is C27H23N5O3. The highest BCUT2D eigenvalue weighted by Crippen LogP contribution is 2.43. The minimum atomic E-state index is -0.561. The summed E-state index contributed by atoms with van der Waals surface area (Å²) in [4.78, 5) is 23.0. The van der Waals surface area contributed by atoms with Crippen LogP contribution < -0.4 is 14.4 Å². The Morgan fingerprint density at radius 3 is 2.66 bits per heavy atom. The lowest BCUT2D eigenvalue weighted by Crippen LogP contribution is -2.35. The molecule has 0 spiro atoms. The average Bonchev–Trinajstić information content (AvgIpc) is 3.62. The van der Waals surface area contributed by atoms with Gasteiger partial charge in [0, 0.05) is 11.9 Å². The molecule has 0 fully saturated rings. The first kappa shape index (κ1) is 20.1. The van der Waals surface area contributed by atoms with Gasteiger partial charge in [-0.3, -0.25) is 9.89 Å². The molecule has 2 aliphatic heterocycles. The minimum absolute atomic E-state index is 0.124. The standard InChI is InChI=1S/C27H23N5O3/c1-4-32-21-12-20-19(11-17(21)27(2,3)26(32)33)28-25(29-20)24-16-7-5-14(9-18(16)30-31-24)15-6-8-22-23(10-15)35-13-34-22/h5-12H,4,13H2,1-3H3,(H,28,29)(H,30,31). The molecule has 2 aromatic heterocycles. The van der Waals surface area contributed by atoms with Crippen molar-refractivity contribution in [3.8, 4) is 34.1 Å². The number of hydrogen-bond acceptors (Lipinski definition) is 5. The third kappa shape index (κ3) is 2.76. The number of carbonyl (C=O) groups is 1. The fourth-order valence-electron chi connectivity index (χ4n) is 5.21. The lowest BCUT2D eigenvalue weighted by molar-refractivity contribution is -0.122. The van der Waals surface area contributed by atoms with Crippen LogP contribution in [0.4, 0.5) is 5.69 Å². The number of aromatic amines is 2. The summed E-state index contributed by atoms with van der Waals surface area (Å²) >= 11 is 0. The van der Waals surface area contributed by atoms with Crippen LogP contribution in [0.25, 0.3) is 44.6 Å². The van der Waals surface area contributed by atoms with E-state index in [1.165, 1.54) is 0 Å². The maximum Gasteiger partial charge on any atom is 0.237 e. The van der Waals surface area contributed by atoms with Gasteiger partial charge >= 0.3 is 0 Å². The quantitative estimate of drug-likeness (QED) is 0.384. The molecule has 0 unspecified atom stereocenters. The van der Waals surface area contributed by atoms with Crippen LogP contribution in [-0.2, 0) is 10.2 Å². The number of benzene rings is 3. The van der Waals surface area contributed by atoms with Gasteiger partial charge in [-0.2, -0.15) is 5.10 Å². The van der Waals surface area contributed by atoms with E-state index in [0.717, 1.165) is 61.5 Å². The SMILES string of the molecule is CCN1C(=O)C(C)(C)c2cc3[nH]c(-c4n[nH]c5cc(-c6ccc7c(c6)OCO7)ccc45)nc3cc21. The molecule has 4 heterocycles. The highest BCUT2D eigenvalue weighted by Gasteiger charge is 2.43. The van der Waals surface area contributed by atoms with Crippen molar-refractivity contribution in [1.29, 1.82) is 0 Å². The van der Waals surface area contributed by atoms with Crippen molar-refractivity contribution in [2.45, 2.75) is 26.2 Å². The Bertz CT molecular complexity index is 1680. The molecule has 8 heteroatoms. The van der Waals surface area contributed by atoms with Crippen molar-refractivity contribution in [2.24, 2.45) is 0 Å². The maximum atomic E-state index is 12.9. The third-order valence-corrected chi connectivity index (χ3v) is 7.15. The van der Waals surface area contributed by atoms with Crippen molar-refractivity contribution in [3.05, 3.63) is 54.1 Å². The zero-order chi connectivity index (χ0) is 23.9. The third-order valence-electron chi connectivity index (χ3n) is 7.15. The second kappa shape index (κ2) is 6.85. The van der Waals surface area contributed by atoms with E-state index in [0.29, 0.717) is 12.4 Å². The van der Waals surface area contributed by atoms with Crippen molar-refractivity contribution in [1.82, 2.24) is 20.2 Å². The van der Waals surface area contributed by atoms with Gasteiger partial charge in [0.25, 0.3) is 0 Å². The number of anilines is 1. The Hall–Kier alpha value is -4.33. The van der Waals surface area contributed by atoms with E-state index in [2.05, 4.69) is 39.4 Å². The molecule has 0 aliphatic carbocycles. The Kier molecular flexibility index (Phi) is 3.93. The lowest BCUT2D eigenvalue weighted by Gasteiger charge is -2.18. The molecule has 0 saturated carbocycles. The molecule has 174 valence electrons. The summed E-state index contributed by atoms with van der Waals surface area (Å²) in [6.07, 6.45) is 0. The van der Waals surface area contributed by atoms with Crippen LogP contribution in [0.2, 0.25) is 0 Å². The first-order valence-electron chi connectivity index (χ1n) is 11.7. The smallest absolute Gasteiger partial charge is 0.237 e. The largest absolute Gasteiger partial charge is 0.454 e. The number of nitrogens with zero attached hydrogens (tertiary/aromatic N) is 3. The topological polar surface area (TPSA) is 96.1 Å². The summed E-state index contributed by atoms with van der Waals surface area (Å²) in [5.41, 5.74) is 6.89. The highest BCUT2D eigenvalue weighted by molar-refractivity contribution is 6.09. The van der Waals surface area contributed by atoms with Gasteiger partial charge < -0.3 is 19.4 Å². The number of ether oxygens (including phenoxy) is 2. The molecule has 0 atom stereocenters. The number of imidazole rings is 1. The highest BCUT2D eigenvalue weighted by atomic mass is 16.7. The van der Waals surface area contributed by atoms with Crippen LogP contribution in [0.3, 0.4) is 0 Å². The molecule has 0 bridgehead atoms. The summed E-state index contributed by atoms with van der Waals surface area (Å²) in [5.74, 6) is 2.34. The molecule has 5 aromatic rings. The monoisotopic (exact) mass is 465 g/mol. The predicted molar refractivity (Wildman–Crippen MR) is 134 cm³/mol. The van der Waals surface area contributed by atoms with Crippen LogP contribution in [0, 0.1) is 0 Å². The number of aromatic nitrogens is 4. The van der Waals surface area contributed by atoms with Crippen LogP contribution in [0.5, 0.6) is 11.5 Å². The fourth-order valence-corrected chi connectivity index (χ4v) is 5.21. The molecule has 8 nitrogen and oxygen atoms in total. The number of rotatable bonds is 3. The van der Waals surface area contributed by atoms with E-state index in [4.69, 9.17) is 14.5 Å². The van der Waals surface area contributed by atoms with Crippen LogP contribution in [0.15, 0.2) is 48.5 Å². The summed E-state index contributed by atoms with van der Waals surface area (Å²) in [6, 6.07) is 16.2. The molecule has 3 aromatic carbocycles. The zero-order valence-corrected chi connectivity index (χ0v) is 19.6. The normalized spacial score (nSPS) is 16.0. The summed E-state index contributed by atoms with van der Waals surface area (Å²) in [6.45, 7) is 6.84. The number of hydrogen-bond donors (Lipinski definition) is 2. The second-order valence-corrected chi connectivity index (χ2v) is 9.55. The number of carbonyl (C=O) groups excluding carboxylic acids is 1. The predicted octanol–water partition coefficient (Wildman–Crippen LogP) is 5.15. The van der Waals surface area contributed by atoms with E-state index in [-0.39, 0.29) is 12.7 Å². The van der Waals surface area contributed by atoms with Gasteiger partial charge in [0.05, 0.1) is 27.7 Å². The molecule has 2 aliphatic rings. The fraction of sp³-hybridized carbons (Fsp3) is 0.222. The Morgan fingerprint density at radius 1 is 1.00 bits per heavy atom. The Morgan fingerprint density at radius 2 is 1.80 bits per heavy atom.